The van der Waals surface area contributed by atoms with Gasteiger partial charge in [-0.3, -0.25) is 4.90 Å². The lowest BCUT2D eigenvalue weighted by Gasteiger charge is -2.35. The fourth-order valence-electron chi connectivity index (χ4n) is 2.97. The van der Waals surface area contributed by atoms with E-state index >= 15 is 0 Å². The highest BCUT2D eigenvalue weighted by Crippen LogP contribution is 2.20. The Morgan fingerprint density at radius 1 is 1.12 bits per heavy atom. The van der Waals surface area contributed by atoms with Crippen LogP contribution >= 0.6 is 11.8 Å². The number of thioether (sulfide) groups is 1. The first-order chi connectivity index (χ1) is 12.2. The minimum absolute atomic E-state index is 0.716. The second-order valence-corrected chi connectivity index (χ2v) is 6.90. The molecule has 0 aliphatic carbocycles. The molecule has 1 aromatic heterocycles. The van der Waals surface area contributed by atoms with Gasteiger partial charge in [0.25, 0.3) is 0 Å². The third kappa shape index (κ3) is 4.50. The molecule has 0 amide bonds. The fraction of sp³-hybridized carbons (Fsp3) is 0.421. The Bertz CT molecular complexity index is 723. The van der Waals surface area contributed by atoms with E-state index in [9.17, 15) is 0 Å². The maximum atomic E-state index is 8.88. The molecule has 1 aliphatic rings. The molecule has 2 heterocycles. The standard InChI is InChI=1S/C19H23N5S/c1-3-17-12-18(22-19(21-17)25-2)24-10-8-23(9-11-24)14-16-6-4-15(13-20)5-7-16/h4-7,12H,3,8-11,14H2,1-2H3. The van der Waals surface area contributed by atoms with Crippen LogP contribution in [0.2, 0.25) is 0 Å². The molecule has 0 atom stereocenters. The molecule has 1 saturated heterocycles. The number of nitrogens with zero attached hydrogens (tertiary/aromatic N) is 5. The van der Waals surface area contributed by atoms with E-state index in [0.29, 0.717) is 5.56 Å². The molecule has 0 saturated carbocycles. The minimum atomic E-state index is 0.716. The fourth-order valence-corrected chi connectivity index (χ4v) is 3.37. The number of aryl methyl sites for hydroxylation is 1. The maximum absolute atomic E-state index is 8.88. The molecular formula is C19H23N5S. The van der Waals surface area contributed by atoms with Gasteiger partial charge in [-0.05, 0) is 30.4 Å². The Morgan fingerprint density at radius 2 is 1.84 bits per heavy atom. The number of anilines is 1. The summed E-state index contributed by atoms with van der Waals surface area (Å²) in [6, 6.07) is 12.2. The topological polar surface area (TPSA) is 56.0 Å². The number of rotatable bonds is 5. The summed E-state index contributed by atoms with van der Waals surface area (Å²) in [5.41, 5.74) is 3.08. The molecule has 25 heavy (non-hydrogen) atoms. The first-order valence-corrected chi connectivity index (χ1v) is 9.82. The Balaban J connectivity index is 1.60. The van der Waals surface area contributed by atoms with Gasteiger partial charge in [-0.15, -0.1) is 0 Å². The average Bonchev–Trinajstić information content (AvgIpc) is 2.68. The van der Waals surface area contributed by atoms with Gasteiger partial charge < -0.3 is 4.90 Å². The Morgan fingerprint density at radius 3 is 2.44 bits per heavy atom. The van der Waals surface area contributed by atoms with Gasteiger partial charge in [-0.25, -0.2) is 9.97 Å². The SMILES string of the molecule is CCc1cc(N2CCN(Cc3ccc(C#N)cc3)CC2)nc(SC)n1. The molecule has 1 fully saturated rings. The molecule has 0 radical (unpaired) electrons. The van der Waals surface area contributed by atoms with Crippen LogP contribution in [0.15, 0.2) is 35.5 Å². The van der Waals surface area contributed by atoms with Gasteiger partial charge in [0, 0.05) is 44.5 Å². The summed E-state index contributed by atoms with van der Waals surface area (Å²) in [4.78, 5) is 14.0. The molecule has 0 bridgehead atoms. The molecule has 3 rings (SSSR count). The highest BCUT2D eigenvalue weighted by Gasteiger charge is 2.19. The van der Waals surface area contributed by atoms with E-state index in [1.807, 2.05) is 30.5 Å². The van der Waals surface area contributed by atoms with E-state index in [-0.39, 0.29) is 0 Å². The highest BCUT2D eigenvalue weighted by atomic mass is 32.2. The van der Waals surface area contributed by atoms with Gasteiger partial charge >= 0.3 is 0 Å². The van der Waals surface area contributed by atoms with E-state index in [1.54, 1.807) is 11.8 Å². The summed E-state index contributed by atoms with van der Waals surface area (Å²) in [5.74, 6) is 1.05. The summed E-state index contributed by atoms with van der Waals surface area (Å²) in [5, 5.41) is 9.74. The number of aromatic nitrogens is 2. The second-order valence-electron chi connectivity index (χ2n) is 6.13. The quantitative estimate of drug-likeness (QED) is 0.608. The minimum Gasteiger partial charge on any atom is -0.354 e. The molecule has 6 heteroatoms. The van der Waals surface area contributed by atoms with Gasteiger partial charge in [0.1, 0.15) is 5.82 Å². The summed E-state index contributed by atoms with van der Waals surface area (Å²) in [7, 11) is 0. The molecule has 2 aromatic rings. The Kier molecular flexibility index (Phi) is 5.90. The summed E-state index contributed by atoms with van der Waals surface area (Å²) in [6.45, 7) is 7.04. The molecule has 1 aliphatic heterocycles. The van der Waals surface area contributed by atoms with Crippen LogP contribution in [0.4, 0.5) is 5.82 Å². The van der Waals surface area contributed by atoms with E-state index in [4.69, 9.17) is 5.26 Å². The van der Waals surface area contributed by atoms with Crippen LogP contribution in [0, 0.1) is 11.3 Å². The van der Waals surface area contributed by atoms with Crippen molar-refractivity contribution in [2.75, 3.05) is 37.3 Å². The summed E-state index contributed by atoms with van der Waals surface area (Å²) >= 11 is 1.60. The molecule has 0 unspecified atom stereocenters. The second kappa shape index (κ2) is 8.32. The van der Waals surface area contributed by atoms with Crippen molar-refractivity contribution in [3.8, 4) is 6.07 Å². The van der Waals surface area contributed by atoms with Gasteiger partial charge in [0.15, 0.2) is 5.16 Å². The van der Waals surface area contributed by atoms with Crippen LogP contribution < -0.4 is 4.90 Å². The van der Waals surface area contributed by atoms with Crippen molar-refractivity contribution >= 4 is 17.6 Å². The summed E-state index contributed by atoms with van der Waals surface area (Å²) < 4.78 is 0. The van der Waals surface area contributed by atoms with Crippen molar-refractivity contribution in [2.45, 2.75) is 25.0 Å². The number of hydrogen-bond donors (Lipinski definition) is 0. The van der Waals surface area contributed by atoms with Crippen molar-refractivity contribution in [3.63, 3.8) is 0 Å². The van der Waals surface area contributed by atoms with Gasteiger partial charge in [-0.2, -0.15) is 5.26 Å². The third-order valence-electron chi connectivity index (χ3n) is 4.48. The smallest absolute Gasteiger partial charge is 0.189 e. The highest BCUT2D eigenvalue weighted by molar-refractivity contribution is 7.98. The van der Waals surface area contributed by atoms with E-state index in [0.717, 1.165) is 55.8 Å². The predicted molar refractivity (Wildman–Crippen MR) is 102 cm³/mol. The lowest BCUT2D eigenvalue weighted by atomic mass is 10.1. The van der Waals surface area contributed by atoms with Gasteiger partial charge in [0.05, 0.1) is 11.6 Å². The normalized spacial score (nSPS) is 15.2. The summed E-state index contributed by atoms with van der Waals surface area (Å²) in [6.07, 6.45) is 2.95. The van der Waals surface area contributed by atoms with Crippen molar-refractivity contribution in [1.29, 1.82) is 5.26 Å². The zero-order valence-corrected chi connectivity index (χ0v) is 15.6. The van der Waals surface area contributed by atoms with Crippen LogP contribution in [0.3, 0.4) is 0 Å². The maximum Gasteiger partial charge on any atom is 0.189 e. The largest absolute Gasteiger partial charge is 0.354 e. The molecule has 0 spiro atoms. The van der Waals surface area contributed by atoms with Crippen LogP contribution in [0.25, 0.3) is 0 Å². The van der Waals surface area contributed by atoms with Crippen LogP contribution in [0.1, 0.15) is 23.7 Å². The first kappa shape index (κ1) is 17.7. The lowest BCUT2D eigenvalue weighted by molar-refractivity contribution is 0.249. The third-order valence-corrected chi connectivity index (χ3v) is 5.02. The molecule has 5 nitrogen and oxygen atoms in total. The van der Waals surface area contributed by atoms with Gasteiger partial charge in [0.2, 0.25) is 0 Å². The molecule has 130 valence electrons. The van der Waals surface area contributed by atoms with Crippen LogP contribution in [-0.4, -0.2) is 47.3 Å². The van der Waals surface area contributed by atoms with Gasteiger partial charge in [-0.1, -0.05) is 30.8 Å². The zero-order valence-electron chi connectivity index (χ0n) is 14.8. The predicted octanol–water partition coefficient (Wildman–Crippen LogP) is 2.95. The Hall–Kier alpha value is -2.10. The number of hydrogen-bond acceptors (Lipinski definition) is 6. The van der Waals surface area contributed by atoms with Crippen LogP contribution in [-0.2, 0) is 13.0 Å². The van der Waals surface area contributed by atoms with E-state index < -0.39 is 0 Å². The Labute approximate surface area is 153 Å². The number of nitriles is 1. The molecular weight excluding hydrogens is 330 g/mol. The average molecular weight is 353 g/mol. The van der Waals surface area contributed by atoms with Crippen molar-refractivity contribution in [3.05, 3.63) is 47.2 Å². The van der Waals surface area contributed by atoms with Crippen molar-refractivity contribution in [1.82, 2.24) is 14.9 Å². The monoisotopic (exact) mass is 353 g/mol. The van der Waals surface area contributed by atoms with Crippen molar-refractivity contribution in [2.24, 2.45) is 0 Å². The number of benzene rings is 1. The van der Waals surface area contributed by atoms with Crippen LogP contribution in [0.5, 0.6) is 0 Å². The first-order valence-electron chi connectivity index (χ1n) is 8.60. The lowest BCUT2D eigenvalue weighted by Crippen LogP contribution is -2.46. The molecule has 0 N–H and O–H groups in total. The molecule has 1 aromatic carbocycles. The van der Waals surface area contributed by atoms with E-state index in [1.165, 1.54) is 5.56 Å². The number of piperazine rings is 1. The van der Waals surface area contributed by atoms with Crippen molar-refractivity contribution < 1.29 is 0 Å². The van der Waals surface area contributed by atoms with E-state index in [2.05, 4.69) is 38.8 Å². The zero-order chi connectivity index (χ0) is 17.6.